The number of furan rings is 1. The van der Waals surface area contributed by atoms with E-state index in [-0.39, 0.29) is 10.8 Å². The van der Waals surface area contributed by atoms with Crippen LogP contribution in [0, 0.1) is 0 Å². The smallest absolute Gasteiger partial charge is 0.134 e. The van der Waals surface area contributed by atoms with Crippen LogP contribution in [0.2, 0.25) is 0 Å². The Morgan fingerprint density at radius 3 is 2.70 bits per heavy atom. The average molecular weight is 293 g/mol. The van der Waals surface area contributed by atoms with Crippen molar-refractivity contribution in [3.63, 3.8) is 0 Å². The van der Waals surface area contributed by atoms with Crippen molar-refractivity contribution in [2.45, 2.75) is 51.3 Å². The van der Waals surface area contributed by atoms with Crippen LogP contribution in [0.4, 0.5) is 0 Å². The predicted molar refractivity (Wildman–Crippen MR) is 85.0 cm³/mol. The highest BCUT2D eigenvalue weighted by Crippen LogP contribution is 2.19. The summed E-state index contributed by atoms with van der Waals surface area (Å²) < 4.78 is 20.6. The molecule has 0 aliphatic heterocycles. The van der Waals surface area contributed by atoms with Gasteiger partial charge in [0, 0.05) is 11.4 Å². The lowest BCUT2D eigenvalue weighted by Gasteiger charge is -2.23. The van der Waals surface area contributed by atoms with E-state index < -0.39 is 11.0 Å². The summed E-state index contributed by atoms with van der Waals surface area (Å²) in [6.45, 7) is 8.07. The highest BCUT2D eigenvalue weighted by Gasteiger charge is 2.22. The molecule has 2 aromatic rings. The molecule has 1 unspecified atom stereocenters. The zero-order valence-electron chi connectivity index (χ0n) is 12.6. The standard InChI is InChI=1S/C16H23NO2S/c1-5-14(17-20(18)16(2,3)4)10-12-6-7-13-8-9-19-15(13)11-12/h6-9,11,14,17H,5,10H2,1-4H3/t14-,20?/m1/s1. The lowest BCUT2D eigenvalue weighted by molar-refractivity contribution is 0.566. The fraction of sp³-hybridized carbons (Fsp3) is 0.500. The lowest BCUT2D eigenvalue weighted by Crippen LogP contribution is -2.40. The van der Waals surface area contributed by atoms with Crippen molar-refractivity contribution >= 4 is 22.0 Å². The average Bonchev–Trinajstić information content (AvgIpc) is 2.84. The van der Waals surface area contributed by atoms with Gasteiger partial charge in [0.15, 0.2) is 0 Å². The minimum absolute atomic E-state index is 0.211. The van der Waals surface area contributed by atoms with Crippen LogP contribution in [0.15, 0.2) is 34.9 Å². The van der Waals surface area contributed by atoms with Gasteiger partial charge in [0.25, 0.3) is 0 Å². The van der Waals surface area contributed by atoms with Crippen molar-refractivity contribution in [3.05, 3.63) is 36.1 Å². The van der Waals surface area contributed by atoms with E-state index in [2.05, 4.69) is 29.8 Å². The highest BCUT2D eigenvalue weighted by atomic mass is 32.2. The molecule has 0 fully saturated rings. The normalized spacial score (nSPS) is 15.4. The Labute approximate surface area is 123 Å². The maximum atomic E-state index is 12.2. The summed E-state index contributed by atoms with van der Waals surface area (Å²) in [6.07, 6.45) is 3.51. The van der Waals surface area contributed by atoms with Crippen LogP contribution in [0.3, 0.4) is 0 Å². The first-order chi connectivity index (χ1) is 9.40. The molecule has 0 radical (unpaired) electrons. The summed E-state index contributed by atoms with van der Waals surface area (Å²) in [5, 5.41) is 1.12. The van der Waals surface area contributed by atoms with Crippen LogP contribution in [-0.2, 0) is 17.4 Å². The van der Waals surface area contributed by atoms with Gasteiger partial charge in [-0.15, -0.1) is 0 Å². The van der Waals surface area contributed by atoms with Gasteiger partial charge in [-0.2, -0.15) is 0 Å². The van der Waals surface area contributed by atoms with Gasteiger partial charge >= 0.3 is 0 Å². The first-order valence-corrected chi connectivity index (χ1v) is 8.19. The molecule has 0 saturated heterocycles. The number of nitrogens with one attached hydrogen (secondary N) is 1. The molecule has 1 heterocycles. The van der Waals surface area contributed by atoms with E-state index in [9.17, 15) is 4.21 Å². The van der Waals surface area contributed by atoms with Gasteiger partial charge in [0.2, 0.25) is 0 Å². The second kappa shape index (κ2) is 6.10. The number of benzene rings is 1. The van der Waals surface area contributed by atoms with Crippen molar-refractivity contribution in [2.24, 2.45) is 0 Å². The molecule has 3 nitrogen and oxygen atoms in total. The quantitative estimate of drug-likeness (QED) is 0.911. The Kier molecular flexibility index (Phi) is 4.66. The third-order valence-corrected chi connectivity index (χ3v) is 4.99. The summed E-state index contributed by atoms with van der Waals surface area (Å²) >= 11 is 0. The van der Waals surface area contributed by atoms with Crippen molar-refractivity contribution in [1.82, 2.24) is 4.72 Å². The fourth-order valence-electron chi connectivity index (χ4n) is 2.01. The molecular formula is C16H23NO2S. The number of rotatable bonds is 5. The molecule has 2 rings (SSSR count). The molecule has 0 saturated carbocycles. The fourth-order valence-corrected chi connectivity index (χ4v) is 2.91. The molecule has 110 valence electrons. The molecule has 2 atom stereocenters. The molecule has 0 bridgehead atoms. The third kappa shape index (κ3) is 3.70. The van der Waals surface area contributed by atoms with Gasteiger partial charge in [0.1, 0.15) is 5.58 Å². The zero-order chi connectivity index (χ0) is 14.8. The van der Waals surface area contributed by atoms with E-state index in [1.807, 2.05) is 26.8 Å². The third-order valence-electron chi connectivity index (χ3n) is 3.33. The Morgan fingerprint density at radius 2 is 2.05 bits per heavy atom. The van der Waals surface area contributed by atoms with Crippen LogP contribution >= 0.6 is 0 Å². The SMILES string of the molecule is CC[C@H](Cc1ccc2ccoc2c1)NS(=O)C(C)(C)C. The molecule has 0 spiro atoms. The van der Waals surface area contributed by atoms with Crippen LogP contribution in [0.1, 0.15) is 39.7 Å². The monoisotopic (exact) mass is 293 g/mol. The Hall–Kier alpha value is -1.13. The van der Waals surface area contributed by atoms with Crippen molar-refractivity contribution in [1.29, 1.82) is 0 Å². The van der Waals surface area contributed by atoms with E-state index in [0.717, 1.165) is 23.8 Å². The van der Waals surface area contributed by atoms with Crippen molar-refractivity contribution in [2.75, 3.05) is 0 Å². The largest absolute Gasteiger partial charge is 0.464 e. The number of hydrogen-bond acceptors (Lipinski definition) is 2. The maximum absolute atomic E-state index is 12.2. The lowest BCUT2D eigenvalue weighted by atomic mass is 10.0. The molecular weight excluding hydrogens is 270 g/mol. The van der Waals surface area contributed by atoms with Crippen LogP contribution < -0.4 is 4.72 Å². The summed E-state index contributed by atoms with van der Waals surface area (Å²) in [4.78, 5) is 0. The summed E-state index contributed by atoms with van der Waals surface area (Å²) in [5.74, 6) is 0. The Bertz CT molecular complexity index is 598. The zero-order valence-corrected chi connectivity index (χ0v) is 13.4. The molecule has 0 aliphatic carbocycles. The Morgan fingerprint density at radius 1 is 1.30 bits per heavy atom. The molecule has 20 heavy (non-hydrogen) atoms. The van der Waals surface area contributed by atoms with E-state index in [4.69, 9.17) is 4.42 Å². The highest BCUT2D eigenvalue weighted by molar-refractivity contribution is 7.84. The molecule has 0 amide bonds. The van der Waals surface area contributed by atoms with Crippen molar-refractivity contribution < 1.29 is 8.63 Å². The van der Waals surface area contributed by atoms with Gasteiger partial charge < -0.3 is 4.42 Å². The summed E-state index contributed by atoms with van der Waals surface area (Å²) in [5.41, 5.74) is 2.12. The van der Waals surface area contributed by atoms with Gasteiger partial charge in [-0.05, 0) is 51.3 Å². The van der Waals surface area contributed by atoms with Gasteiger partial charge in [-0.1, -0.05) is 19.1 Å². The predicted octanol–water partition coefficient (Wildman–Crippen LogP) is 3.81. The summed E-state index contributed by atoms with van der Waals surface area (Å²) in [6, 6.07) is 8.43. The van der Waals surface area contributed by atoms with Crippen molar-refractivity contribution in [3.8, 4) is 0 Å². The first kappa shape index (κ1) is 15.3. The summed E-state index contributed by atoms with van der Waals surface area (Å²) in [7, 11) is -1.03. The first-order valence-electron chi connectivity index (χ1n) is 7.04. The van der Waals surface area contributed by atoms with Gasteiger partial charge in [0.05, 0.1) is 22.0 Å². The number of hydrogen-bond donors (Lipinski definition) is 1. The minimum Gasteiger partial charge on any atom is -0.464 e. The molecule has 0 aliphatic rings. The topological polar surface area (TPSA) is 42.2 Å². The molecule has 1 N–H and O–H groups in total. The van der Waals surface area contributed by atoms with Gasteiger partial charge in [-0.3, -0.25) is 0 Å². The van der Waals surface area contributed by atoms with E-state index in [0.29, 0.717) is 0 Å². The molecule has 4 heteroatoms. The van der Waals surface area contributed by atoms with Crippen LogP contribution in [-0.4, -0.2) is 15.0 Å². The minimum atomic E-state index is -1.03. The van der Waals surface area contributed by atoms with E-state index in [1.54, 1.807) is 6.26 Å². The van der Waals surface area contributed by atoms with Crippen LogP contribution in [0.25, 0.3) is 11.0 Å². The molecule has 1 aromatic carbocycles. The van der Waals surface area contributed by atoms with Crippen LogP contribution in [0.5, 0.6) is 0 Å². The number of fused-ring (bicyclic) bond motifs is 1. The van der Waals surface area contributed by atoms with E-state index in [1.165, 1.54) is 5.56 Å². The van der Waals surface area contributed by atoms with Gasteiger partial charge in [-0.25, -0.2) is 8.93 Å². The second-order valence-corrected chi connectivity index (χ2v) is 8.10. The van der Waals surface area contributed by atoms with E-state index >= 15 is 0 Å². The molecule has 1 aromatic heterocycles. The second-order valence-electron chi connectivity index (χ2n) is 6.10. The maximum Gasteiger partial charge on any atom is 0.134 e. The Balaban J connectivity index is 2.07.